The number of hydrogen-bond donors (Lipinski definition) is 1. The predicted molar refractivity (Wildman–Crippen MR) is 87.8 cm³/mol. The first-order valence-electron chi connectivity index (χ1n) is 8.23. The Kier molecular flexibility index (Phi) is 3.31. The molecule has 0 radical (unpaired) electrons. The molecule has 0 saturated heterocycles. The molecule has 0 fully saturated rings. The molecule has 2 aromatic rings. The molecule has 0 heterocycles. The molecule has 2 unspecified atom stereocenters. The van der Waals surface area contributed by atoms with E-state index in [9.17, 15) is 0 Å². The molecule has 1 heteroatoms. The summed E-state index contributed by atoms with van der Waals surface area (Å²) in [5.41, 5.74) is 7.70. The Morgan fingerprint density at radius 3 is 2.57 bits per heavy atom. The summed E-state index contributed by atoms with van der Waals surface area (Å²) in [6.45, 7) is 0. The fourth-order valence-electron chi connectivity index (χ4n) is 4.14. The molecule has 0 spiro atoms. The molecular weight excluding hydrogens is 254 g/mol. The van der Waals surface area contributed by atoms with E-state index in [1.165, 1.54) is 48.8 Å². The molecule has 2 aromatic carbocycles. The zero-order chi connectivity index (χ0) is 14.2. The summed E-state index contributed by atoms with van der Waals surface area (Å²) in [5.74, 6) is 0.632. The molecule has 2 aliphatic rings. The van der Waals surface area contributed by atoms with Gasteiger partial charge < -0.3 is 5.32 Å². The summed E-state index contributed by atoms with van der Waals surface area (Å²) in [4.78, 5) is 0. The number of rotatable bonds is 3. The summed E-state index contributed by atoms with van der Waals surface area (Å²) >= 11 is 0. The van der Waals surface area contributed by atoms with Crippen LogP contribution in [0, 0.1) is 0 Å². The summed E-state index contributed by atoms with van der Waals surface area (Å²) in [6, 6.07) is 16.5. The lowest BCUT2D eigenvalue weighted by molar-refractivity contribution is 0.438. The van der Waals surface area contributed by atoms with Crippen LogP contribution < -0.4 is 5.32 Å². The Bertz CT molecular complexity index is 659. The van der Waals surface area contributed by atoms with E-state index in [0.717, 1.165) is 0 Å². The fourth-order valence-corrected chi connectivity index (χ4v) is 4.14. The first kappa shape index (κ1) is 13.1. The van der Waals surface area contributed by atoms with Gasteiger partial charge in [-0.15, -0.1) is 0 Å². The van der Waals surface area contributed by atoms with Crippen molar-refractivity contribution in [2.75, 3.05) is 7.05 Å². The highest BCUT2D eigenvalue weighted by atomic mass is 14.9. The molecule has 108 valence electrons. The maximum Gasteiger partial charge on any atom is 0.0390 e. The quantitative estimate of drug-likeness (QED) is 0.888. The van der Waals surface area contributed by atoms with E-state index >= 15 is 0 Å². The SMILES string of the molecule is CNC(c1ccc2c(c1)CCCC2)C1Cc2ccccc21. The minimum Gasteiger partial charge on any atom is -0.312 e. The van der Waals surface area contributed by atoms with Gasteiger partial charge in [0.2, 0.25) is 0 Å². The van der Waals surface area contributed by atoms with Crippen molar-refractivity contribution >= 4 is 0 Å². The van der Waals surface area contributed by atoms with E-state index in [0.29, 0.717) is 12.0 Å². The number of aryl methyl sites for hydroxylation is 2. The second-order valence-corrected chi connectivity index (χ2v) is 6.51. The van der Waals surface area contributed by atoms with E-state index in [4.69, 9.17) is 0 Å². The molecule has 0 aromatic heterocycles. The maximum atomic E-state index is 3.57. The molecule has 0 bridgehead atoms. The van der Waals surface area contributed by atoms with Crippen molar-refractivity contribution in [3.05, 3.63) is 70.3 Å². The van der Waals surface area contributed by atoms with E-state index in [1.807, 2.05) is 0 Å². The smallest absolute Gasteiger partial charge is 0.0390 e. The standard InChI is InChI=1S/C20H23N/c1-21-20(19-13-16-8-4-5-9-18(16)19)17-11-10-14-6-2-3-7-15(14)12-17/h4-5,8-12,19-21H,2-3,6-7,13H2,1H3. The van der Waals surface area contributed by atoms with Gasteiger partial charge >= 0.3 is 0 Å². The monoisotopic (exact) mass is 277 g/mol. The van der Waals surface area contributed by atoms with Crippen molar-refractivity contribution in [3.63, 3.8) is 0 Å². The molecule has 1 N–H and O–H groups in total. The Morgan fingerprint density at radius 2 is 1.76 bits per heavy atom. The predicted octanol–water partition coefficient (Wildman–Crippen LogP) is 4.17. The summed E-state index contributed by atoms with van der Waals surface area (Å²) in [5, 5.41) is 3.57. The molecule has 2 aliphatic carbocycles. The lowest BCUT2D eigenvalue weighted by Gasteiger charge is -2.37. The number of benzene rings is 2. The van der Waals surface area contributed by atoms with Gasteiger partial charge in [-0.05, 0) is 67.0 Å². The number of hydrogen-bond acceptors (Lipinski definition) is 1. The van der Waals surface area contributed by atoms with Crippen molar-refractivity contribution in [1.82, 2.24) is 5.32 Å². The van der Waals surface area contributed by atoms with E-state index in [2.05, 4.69) is 54.8 Å². The summed E-state index contributed by atoms with van der Waals surface area (Å²) in [7, 11) is 2.10. The van der Waals surface area contributed by atoms with Gasteiger partial charge in [-0.1, -0.05) is 42.5 Å². The zero-order valence-corrected chi connectivity index (χ0v) is 12.7. The van der Waals surface area contributed by atoms with Crippen molar-refractivity contribution in [2.45, 2.75) is 44.1 Å². The Labute approximate surface area is 127 Å². The molecule has 4 rings (SSSR count). The molecule has 0 amide bonds. The minimum atomic E-state index is 0.451. The second-order valence-electron chi connectivity index (χ2n) is 6.51. The molecule has 1 nitrogen and oxygen atoms in total. The molecule has 2 atom stereocenters. The first-order chi connectivity index (χ1) is 10.4. The van der Waals surface area contributed by atoms with Crippen LogP contribution in [0.3, 0.4) is 0 Å². The van der Waals surface area contributed by atoms with Crippen LogP contribution in [0.2, 0.25) is 0 Å². The van der Waals surface area contributed by atoms with Crippen LogP contribution in [-0.4, -0.2) is 7.05 Å². The van der Waals surface area contributed by atoms with Crippen LogP contribution in [0.5, 0.6) is 0 Å². The number of likely N-dealkylation sites (N-methyl/N-ethyl adjacent to an activating group) is 1. The largest absolute Gasteiger partial charge is 0.312 e. The summed E-state index contributed by atoms with van der Waals surface area (Å²) in [6.07, 6.45) is 6.45. The van der Waals surface area contributed by atoms with Gasteiger partial charge in [0.05, 0.1) is 0 Å². The van der Waals surface area contributed by atoms with Crippen molar-refractivity contribution in [3.8, 4) is 0 Å². The second kappa shape index (κ2) is 5.31. The maximum absolute atomic E-state index is 3.57. The third kappa shape index (κ3) is 2.20. The van der Waals surface area contributed by atoms with Crippen LogP contribution >= 0.6 is 0 Å². The average molecular weight is 277 g/mol. The summed E-state index contributed by atoms with van der Waals surface area (Å²) < 4.78 is 0. The first-order valence-corrected chi connectivity index (χ1v) is 8.23. The van der Waals surface area contributed by atoms with Crippen molar-refractivity contribution in [2.24, 2.45) is 0 Å². The highest BCUT2D eigenvalue weighted by Crippen LogP contribution is 2.43. The zero-order valence-electron chi connectivity index (χ0n) is 12.7. The van der Waals surface area contributed by atoms with Gasteiger partial charge in [0.25, 0.3) is 0 Å². The van der Waals surface area contributed by atoms with E-state index in [1.54, 1.807) is 11.1 Å². The average Bonchev–Trinajstić information content (AvgIpc) is 2.52. The molecular formula is C20H23N. The number of nitrogens with one attached hydrogen (secondary N) is 1. The Hall–Kier alpha value is -1.60. The van der Waals surface area contributed by atoms with Gasteiger partial charge in [0.15, 0.2) is 0 Å². The van der Waals surface area contributed by atoms with Crippen LogP contribution in [0.15, 0.2) is 42.5 Å². The molecule has 0 saturated carbocycles. The molecule has 0 aliphatic heterocycles. The van der Waals surface area contributed by atoms with Crippen LogP contribution in [0.25, 0.3) is 0 Å². The van der Waals surface area contributed by atoms with Gasteiger partial charge in [0.1, 0.15) is 0 Å². The van der Waals surface area contributed by atoms with Gasteiger partial charge in [0, 0.05) is 12.0 Å². The topological polar surface area (TPSA) is 12.0 Å². The number of fused-ring (bicyclic) bond motifs is 2. The molecule has 21 heavy (non-hydrogen) atoms. The normalized spacial score (nSPS) is 21.1. The van der Waals surface area contributed by atoms with E-state index in [-0.39, 0.29) is 0 Å². The van der Waals surface area contributed by atoms with Crippen molar-refractivity contribution in [1.29, 1.82) is 0 Å². The van der Waals surface area contributed by atoms with Crippen LogP contribution in [0.4, 0.5) is 0 Å². The lowest BCUT2D eigenvalue weighted by atomic mass is 9.71. The van der Waals surface area contributed by atoms with Crippen LogP contribution in [-0.2, 0) is 19.3 Å². The van der Waals surface area contributed by atoms with Crippen LogP contribution in [0.1, 0.15) is 52.6 Å². The Balaban J connectivity index is 1.65. The highest BCUT2D eigenvalue weighted by molar-refractivity contribution is 5.44. The Morgan fingerprint density at radius 1 is 0.952 bits per heavy atom. The lowest BCUT2D eigenvalue weighted by Crippen LogP contribution is -2.31. The van der Waals surface area contributed by atoms with Crippen molar-refractivity contribution < 1.29 is 0 Å². The van der Waals surface area contributed by atoms with Gasteiger partial charge in [-0.25, -0.2) is 0 Å². The van der Waals surface area contributed by atoms with Gasteiger partial charge in [-0.2, -0.15) is 0 Å². The third-order valence-corrected chi connectivity index (χ3v) is 5.34. The van der Waals surface area contributed by atoms with E-state index < -0.39 is 0 Å². The van der Waals surface area contributed by atoms with Gasteiger partial charge in [-0.3, -0.25) is 0 Å². The highest BCUT2D eigenvalue weighted by Gasteiger charge is 2.33. The third-order valence-electron chi connectivity index (χ3n) is 5.34. The minimum absolute atomic E-state index is 0.451. The fraction of sp³-hybridized carbons (Fsp3) is 0.400.